The van der Waals surface area contributed by atoms with Crippen molar-refractivity contribution in [1.82, 2.24) is 12.3 Å². The normalized spacial score (nSPS) is 10.0. The third kappa shape index (κ3) is 66.2. The van der Waals surface area contributed by atoms with Gasteiger partial charge in [0.1, 0.15) is 0 Å². The molecule has 0 heterocycles. The van der Waals surface area contributed by atoms with Crippen LogP contribution in [0.5, 0.6) is 0 Å². The Morgan fingerprint density at radius 2 is 0.489 bits per heavy atom. The quantitative estimate of drug-likeness (QED) is 0.0614. The SMILES string of the molecule is CCCCCCCCCCCCCCCCCC(=O)[O-].CCCCCCCCCCCCCCCCCC(=O)[O-].CCO.[NH4+].[NH4+]. The molecule has 45 heavy (non-hydrogen) atoms. The van der Waals surface area contributed by atoms with Gasteiger partial charge in [0.25, 0.3) is 0 Å². The zero-order valence-corrected chi connectivity index (χ0v) is 31.4. The highest BCUT2D eigenvalue weighted by atomic mass is 16.4. The van der Waals surface area contributed by atoms with E-state index in [9.17, 15) is 19.8 Å². The van der Waals surface area contributed by atoms with Gasteiger partial charge in [-0.25, -0.2) is 0 Å². The Balaban J connectivity index is -0.000000209. The van der Waals surface area contributed by atoms with Crippen molar-refractivity contribution in [1.29, 1.82) is 0 Å². The zero-order chi connectivity index (χ0) is 32.5. The monoisotopic (exact) mass is 649 g/mol. The van der Waals surface area contributed by atoms with Gasteiger partial charge in [0.2, 0.25) is 0 Å². The van der Waals surface area contributed by atoms with Crippen LogP contribution in [-0.4, -0.2) is 23.7 Å². The lowest BCUT2D eigenvalue weighted by Crippen LogP contribution is -2.21. The fraction of sp³-hybridized carbons (Fsp3) is 0.947. The molecule has 0 aromatic heterocycles. The molecule has 0 bridgehead atoms. The number of aliphatic carboxylic acids is 2. The number of aliphatic hydroxyl groups is 1. The second kappa shape index (κ2) is 52.4. The first kappa shape index (κ1) is 53.3. The summed E-state index contributed by atoms with van der Waals surface area (Å²) in [6, 6.07) is 0. The van der Waals surface area contributed by atoms with Crippen LogP contribution in [0.2, 0.25) is 0 Å². The summed E-state index contributed by atoms with van der Waals surface area (Å²) in [5.74, 6) is -1.81. The van der Waals surface area contributed by atoms with Crippen molar-refractivity contribution in [2.24, 2.45) is 0 Å². The molecule has 0 aliphatic carbocycles. The lowest BCUT2D eigenvalue weighted by Gasteiger charge is -2.04. The summed E-state index contributed by atoms with van der Waals surface area (Å²) in [6.07, 6.45) is 39.7. The van der Waals surface area contributed by atoms with Gasteiger partial charge in [-0.3, -0.25) is 0 Å². The van der Waals surface area contributed by atoms with E-state index in [4.69, 9.17) is 5.11 Å². The van der Waals surface area contributed by atoms with E-state index in [0.717, 1.165) is 25.7 Å². The van der Waals surface area contributed by atoms with E-state index in [1.54, 1.807) is 6.92 Å². The fourth-order valence-corrected chi connectivity index (χ4v) is 5.28. The zero-order valence-electron chi connectivity index (χ0n) is 31.4. The Kier molecular flexibility index (Phi) is 62.0. The van der Waals surface area contributed by atoms with Crippen LogP contribution < -0.4 is 22.5 Å². The van der Waals surface area contributed by atoms with E-state index >= 15 is 0 Å². The highest BCUT2D eigenvalue weighted by Gasteiger charge is 1.96. The number of carbonyl (C=O) groups is 2. The van der Waals surface area contributed by atoms with Crippen molar-refractivity contribution in [2.45, 2.75) is 226 Å². The summed E-state index contributed by atoms with van der Waals surface area (Å²) in [6.45, 7) is 6.47. The van der Waals surface area contributed by atoms with Crippen LogP contribution in [0.1, 0.15) is 226 Å². The number of hydrogen-bond donors (Lipinski definition) is 3. The van der Waals surface area contributed by atoms with Gasteiger partial charge in [-0.15, -0.1) is 0 Å². The van der Waals surface area contributed by atoms with Crippen molar-refractivity contribution >= 4 is 11.9 Å². The van der Waals surface area contributed by atoms with Gasteiger partial charge < -0.3 is 37.2 Å². The highest BCUT2D eigenvalue weighted by molar-refractivity contribution is 5.64. The molecule has 0 aliphatic rings. The van der Waals surface area contributed by atoms with Crippen LogP contribution in [0.25, 0.3) is 0 Å². The molecule has 0 atom stereocenters. The van der Waals surface area contributed by atoms with Crippen molar-refractivity contribution in [2.75, 3.05) is 6.61 Å². The van der Waals surface area contributed by atoms with Gasteiger partial charge >= 0.3 is 0 Å². The number of quaternary nitrogens is 2. The van der Waals surface area contributed by atoms with Crippen LogP contribution in [0.15, 0.2) is 0 Å². The molecule has 0 aliphatic heterocycles. The Hall–Kier alpha value is -1.18. The smallest absolute Gasteiger partial charge is 0.0414 e. The maximum Gasteiger partial charge on any atom is 0.0414 e. The Bertz CT molecular complexity index is 476. The first-order valence-corrected chi connectivity index (χ1v) is 19.0. The number of carboxylic acid groups (broad SMARTS) is 2. The third-order valence-electron chi connectivity index (χ3n) is 7.97. The van der Waals surface area contributed by atoms with E-state index in [1.807, 2.05) is 0 Å². The van der Waals surface area contributed by atoms with Crippen molar-refractivity contribution in [3.8, 4) is 0 Å². The van der Waals surface area contributed by atoms with Crippen LogP contribution >= 0.6 is 0 Å². The van der Waals surface area contributed by atoms with E-state index in [-0.39, 0.29) is 31.7 Å². The second-order valence-corrected chi connectivity index (χ2v) is 12.5. The topological polar surface area (TPSA) is 173 Å². The minimum Gasteiger partial charge on any atom is -0.550 e. The standard InChI is InChI=1S/2C18H36O2.C2H6O.2H3N/c2*1-2-3-4-5-6-7-8-9-10-11-12-13-14-15-16-17-18(19)20;1-2-3;;/h2*2-17H2,1H3,(H,19,20);3H,2H2,1H3;2*1H3. The largest absolute Gasteiger partial charge is 0.550 e. The average Bonchev–Trinajstić information content (AvgIpc) is 2.97. The molecular formula is C38H84N2O5. The maximum absolute atomic E-state index is 10.2. The van der Waals surface area contributed by atoms with Crippen LogP contribution in [0.4, 0.5) is 0 Å². The number of unbranched alkanes of at least 4 members (excludes halogenated alkanes) is 28. The molecule has 0 saturated carbocycles. The first-order chi connectivity index (χ1) is 21.0. The molecule has 0 unspecified atom stereocenters. The molecule has 0 amide bonds. The molecule has 0 fully saturated rings. The van der Waals surface area contributed by atoms with Crippen molar-refractivity contribution < 1.29 is 24.9 Å². The predicted molar refractivity (Wildman–Crippen MR) is 194 cm³/mol. The van der Waals surface area contributed by atoms with Gasteiger partial charge in [-0.1, -0.05) is 194 Å². The number of aliphatic hydroxyl groups excluding tert-OH is 1. The molecule has 0 rings (SSSR count). The van der Waals surface area contributed by atoms with Crippen molar-refractivity contribution in [3.05, 3.63) is 0 Å². The first-order valence-electron chi connectivity index (χ1n) is 19.0. The van der Waals surface area contributed by atoms with Crippen molar-refractivity contribution in [3.63, 3.8) is 0 Å². The summed E-state index contributed by atoms with van der Waals surface area (Å²) < 4.78 is 0. The number of hydrogen-bond acceptors (Lipinski definition) is 5. The third-order valence-corrected chi connectivity index (χ3v) is 7.97. The average molecular weight is 649 g/mol. The summed E-state index contributed by atoms with van der Waals surface area (Å²) >= 11 is 0. The highest BCUT2D eigenvalue weighted by Crippen LogP contribution is 2.15. The molecule has 7 heteroatoms. The van der Waals surface area contributed by atoms with E-state index in [2.05, 4.69) is 13.8 Å². The Morgan fingerprint density at radius 1 is 0.356 bits per heavy atom. The lowest BCUT2D eigenvalue weighted by molar-refractivity contribution is -0.307. The predicted octanol–water partition coefficient (Wildman–Crippen LogP) is 10.7. The Morgan fingerprint density at radius 3 is 0.622 bits per heavy atom. The van der Waals surface area contributed by atoms with Crippen LogP contribution in [0.3, 0.4) is 0 Å². The minimum atomic E-state index is -0.903. The molecule has 0 saturated heterocycles. The van der Waals surface area contributed by atoms with Crippen LogP contribution in [-0.2, 0) is 9.59 Å². The number of carbonyl (C=O) groups excluding carboxylic acids is 2. The van der Waals surface area contributed by atoms with E-state index in [0.29, 0.717) is 0 Å². The Labute approximate surface area is 281 Å². The summed E-state index contributed by atoms with van der Waals surface area (Å²) in [7, 11) is 0. The van der Waals surface area contributed by atoms with E-state index in [1.165, 1.54) is 167 Å². The van der Waals surface area contributed by atoms with Gasteiger partial charge in [0.15, 0.2) is 0 Å². The lowest BCUT2D eigenvalue weighted by atomic mass is 10.0. The van der Waals surface area contributed by atoms with Crippen LogP contribution in [0, 0.1) is 0 Å². The van der Waals surface area contributed by atoms with Gasteiger partial charge in [0.05, 0.1) is 0 Å². The molecule has 276 valence electrons. The summed E-state index contributed by atoms with van der Waals surface area (Å²) in [4.78, 5) is 20.4. The number of rotatable bonds is 32. The summed E-state index contributed by atoms with van der Waals surface area (Å²) in [5.41, 5.74) is 0. The van der Waals surface area contributed by atoms with Gasteiger partial charge in [-0.05, 0) is 32.6 Å². The fourth-order valence-electron chi connectivity index (χ4n) is 5.28. The molecule has 0 spiro atoms. The van der Waals surface area contributed by atoms with Gasteiger partial charge in [-0.2, -0.15) is 0 Å². The molecule has 7 nitrogen and oxygen atoms in total. The maximum atomic E-state index is 10.2. The molecule has 0 aromatic rings. The molecule has 0 radical (unpaired) electrons. The molecule has 0 aromatic carbocycles. The molecule has 9 N–H and O–H groups in total. The minimum absolute atomic E-state index is 0. The summed E-state index contributed by atoms with van der Waals surface area (Å²) in [5, 5.41) is 28.0. The number of carboxylic acids is 2. The van der Waals surface area contributed by atoms with Gasteiger partial charge in [0, 0.05) is 18.5 Å². The molecular weight excluding hydrogens is 564 g/mol. The second-order valence-electron chi connectivity index (χ2n) is 12.5. The van der Waals surface area contributed by atoms with E-state index < -0.39 is 11.9 Å².